The van der Waals surface area contributed by atoms with Crippen LogP contribution in [0.5, 0.6) is 0 Å². The minimum absolute atomic E-state index is 0.130. The number of carbonyl (C=O) groups is 1. The van der Waals surface area contributed by atoms with Crippen LogP contribution in [0.15, 0.2) is 66.1 Å². The van der Waals surface area contributed by atoms with Crippen molar-refractivity contribution in [1.29, 1.82) is 0 Å². The molecule has 0 aliphatic rings. The third-order valence-electron chi connectivity index (χ3n) is 3.04. The average Bonchev–Trinajstić information content (AvgIpc) is 2.54. The Labute approximate surface area is 134 Å². The summed E-state index contributed by atoms with van der Waals surface area (Å²) < 4.78 is 25.2. The molecule has 2 aromatic carbocycles. The van der Waals surface area contributed by atoms with Crippen molar-refractivity contribution in [3.63, 3.8) is 0 Å². The van der Waals surface area contributed by atoms with Crippen LogP contribution in [0.25, 0.3) is 0 Å². The van der Waals surface area contributed by atoms with Crippen molar-refractivity contribution in [1.82, 2.24) is 0 Å². The van der Waals surface area contributed by atoms with Crippen LogP contribution >= 0.6 is 0 Å². The summed E-state index contributed by atoms with van der Waals surface area (Å²) in [4.78, 5) is 11.1. The van der Waals surface area contributed by atoms with Crippen LogP contribution < -0.4 is 9.79 Å². The molecule has 0 aromatic heterocycles. The molecule has 1 amide bonds. The third-order valence-corrected chi connectivity index (χ3v) is 4.55. The van der Waals surface area contributed by atoms with E-state index < -0.39 is 15.9 Å². The van der Waals surface area contributed by atoms with Gasteiger partial charge >= 0.3 is 0 Å². The Balaban J connectivity index is 2.37. The zero-order chi connectivity index (χ0) is 17.0. The molecule has 0 saturated carbocycles. The maximum absolute atomic E-state index is 12.5. The maximum Gasteiger partial charge on any atom is 0.286 e. The molecule has 0 fully saturated rings. The van der Waals surface area contributed by atoms with Gasteiger partial charge in [-0.1, -0.05) is 24.8 Å². The molecule has 0 radical (unpaired) electrons. The van der Waals surface area contributed by atoms with E-state index in [1.165, 1.54) is 30.3 Å². The molecule has 0 aliphatic heterocycles. The molecule has 120 valence electrons. The molecule has 2 rings (SSSR count). The molecule has 2 N–H and O–H groups in total. The van der Waals surface area contributed by atoms with Crippen LogP contribution in [-0.4, -0.2) is 19.5 Å². The Hall–Kier alpha value is -2.64. The van der Waals surface area contributed by atoms with E-state index in [0.29, 0.717) is 0 Å². The number of sulfonamides is 1. The Kier molecular flexibility index (Phi) is 4.83. The fourth-order valence-electron chi connectivity index (χ4n) is 1.91. The van der Waals surface area contributed by atoms with Crippen LogP contribution in [0.2, 0.25) is 0 Å². The highest BCUT2D eigenvalue weighted by atomic mass is 32.2. The lowest BCUT2D eigenvalue weighted by Gasteiger charge is -2.18. The van der Waals surface area contributed by atoms with Crippen LogP contribution in [0.3, 0.4) is 0 Å². The zero-order valence-corrected chi connectivity index (χ0v) is 13.2. The van der Waals surface area contributed by atoms with Crippen LogP contribution in [0.4, 0.5) is 11.4 Å². The molecule has 7 heteroatoms. The number of aryl methyl sites for hydroxylation is 1. The van der Waals surface area contributed by atoms with Gasteiger partial charge in [-0.2, -0.15) is 8.42 Å². The Morgan fingerprint density at radius 3 is 2.57 bits per heavy atom. The summed E-state index contributed by atoms with van der Waals surface area (Å²) in [6.45, 7) is 5.11. The van der Waals surface area contributed by atoms with Crippen molar-refractivity contribution in [3.8, 4) is 0 Å². The Morgan fingerprint density at radius 2 is 1.91 bits per heavy atom. The smallest absolute Gasteiger partial charge is 0.286 e. The minimum atomic E-state index is -4.16. The van der Waals surface area contributed by atoms with Crippen LogP contribution in [0.1, 0.15) is 5.56 Å². The zero-order valence-electron chi connectivity index (χ0n) is 12.4. The summed E-state index contributed by atoms with van der Waals surface area (Å²) in [5.74, 6) is -0.459. The van der Waals surface area contributed by atoms with E-state index in [2.05, 4.69) is 11.9 Å². The topological polar surface area (TPSA) is 86.7 Å². The number of anilines is 2. The largest absolute Gasteiger partial charge is 0.322 e. The highest BCUT2D eigenvalue weighted by Crippen LogP contribution is 2.24. The number of nitrogens with one attached hydrogen (secondary N) is 1. The van der Waals surface area contributed by atoms with Gasteiger partial charge in [0.25, 0.3) is 10.0 Å². The first-order valence-electron chi connectivity index (χ1n) is 6.69. The van der Waals surface area contributed by atoms with Gasteiger partial charge in [-0.05, 0) is 48.9 Å². The Bertz CT molecular complexity index is 847. The Morgan fingerprint density at radius 1 is 1.22 bits per heavy atom. The number of rotatable bonds is 5. The van der Waals surface area contributed by atoms with E-state index in [0.717, 1.165) is 11.6 Å². The molecular formula is C16H16N2O4S. The summed E-state index contributed by atoms with van der Waals surface area (Å²) in [7, 11) is -4.16. The second kappa shape index (κ2) is 6.64. The maximum atomic E-state index is 12.5. The van der Waals surface area contributed by atoms with Gasteiger partial charge in [0.05, 0.1) is 10.6 Å². The van der Waals surface area contributed by atoms with E-state index in [9.17, 15) is 18.4 Å². The first-order valence-corrected chi connectivity index (χ1v) is 8.13. The van der Waals surface area contributed by atoms with Gasteiger partial charge in [0.15, 0.2) is 0 Å². The minimum Gasteiger partial charge on any atom is -0.322 e. The van der Waals surface area contributed by atoms with Crippen LogP contribution in [0, 0.1) is 6.92 Å². The number of nitrogens with zero attached hydrogens (tertiary/aromatic N) is 1. The van der Waals surface area contributed by atoms with Gasteiger partial charge < -0.3 is 5.32 Å². The standard InChI is InChI=1S/C16H16N2O4S/c1-3-16(19)17-13-7-5-9-15(11-13)23(21,22)18(20)14-8-4-6-12(2)10-14/h3-11,20H,1H2,2H3,(H,17,19). The van der Waals surface area contributed by atoms with Gasteiger partial charge in [-0.3, -0.25) is 10.0 Å². The molecule has 23 heavy (non-hydrogen) atoms. The predicted octanol–water partition coefficient (Wildman–Crippen LogP) is 2.70. The predicted molar refractivity (Wildman–Crippen MR) is 87.9 cm³/mol. The van der Waals surface area contributed by atoms with Gasteiger partial charge in [-0.25, -0.2) is 0 Å². The summed E-state index contributed by atoms with van der Waals surface area (Å²) in [6.07, 6.45) is 1.08. The number of hydrogen-bond donors (Lipinski definition) is 2. The number of hydrogen-bond acceptors (Lipinski definition) is 4. The van der Waals surface area contributed by atoms with E-state index in [-0.39, 0.29) is 20.7 Å². The lowest BCUT2D eigenvalue weighted by atomic mass is 10.2. The van der Waals surface area contributed by atoms with E-state index in [4.69, 9.17) is 0 Å². The highest BCUT2D eigenvalue weighted by Gasteiger charge is 2.24. The second-order valence-corrected chi connectivity index (χ2v) is 6.58. The summed E-state index contributed by atoms with van der Waals surface area (Å²) >= 11 is 0. The molecule has 0 unspecified atom stereocenters. The molecule has 0 spiro atoms. The fraction of sp³-hybridized carbons (Fsp3) is 0.0625. The van der Waals surface area contributed by atoms with Crippen molar-refractivity contribution in [2.24, 2.45) is 0 Å². The number of amides is 1. The van der Waals surface area contributed by atoms with E-state index in [1.54, 1.807) is 25.1 Å². The molecule has 0 atom stereocenters. The highest BCUT2D eigenvalue weighted by molar-refractivity contribution is 7.92. The van der Waals surface area contributed by atoms with Crippen LogP contribution in [-0.2, 0) is 14.8 Å². The molecule has 6 nitrogen and oxygen atoms in total. The molecular weight excluding hydrogens is 316 g/mol. The molecule has 0 aliphatic carbocycles. The normalized spacial score (nSPS) is 10.9. The summed E-state index contributed by atoms with van der Waals surface area (Å²) in [6, 6.07) is 12.0. The van der Waals surface area contributed by atoms with Gasteiger partial charge in [0.2, 0.25) is 5.91 Å². The summed E-state index contributed by atoms with van der Waals surface area (Å²) in [5, 5.41) is 12.6. The fourth-order valence-corrected chi connectivity index (χ4v) is 3.03. The van der Waals surface area contributed by atoms with Crippen molar-refractivity contribution in [3.05, 3.63) is 66.7 Å². The average molecular weight is 332 g/mol. The van der Waals surface area contributed by atoms with E-state index >= 15 is 0 Å². The number of carbonyl (C=O) groups excluding carboxylic acids is 1. The van der Waals surface area contributed by atoms with Crippen molar-refractivity contribution in [2.75, 3.05) is 9.79 Å². The first kappa shape index (κ1) is 16.7. The molecule has 0 heterocycles. The van der Waals surface area contributed by atoms with Crippen molar-refractivity contribution >= 4 is 27.3 Å². The van der Waals surface area contributed by atoms with E-state index in [1.807, 2.05) is 0 Å². The third kappa shape index (κ3) is 3.77. The lowest BCUT2D eigenvalue weighted by molar-refractivity contribution is -0.111. The summed E-state index contributed by atoms with van der Waals surface area (Å²) in [5.41, 5.74) is 1.22. The lowest BCUT2D eigenvalue weighted by Crippen LogP contribution is -2.27. The molecule has 0 saturated heterocycles. The second-order valence-electron chi connectivity index (χ2n) is 4.81. The van der Waals surface area contributed by atoms with Crippen molar-refractivity contribution < 1.29 is 18.4 Å². The quantitative estimate of drug-likeness (QED) is 0.651. The molecule has 0 bridgehead atoms. The van der Waals surface area contributed by atoms with Crippen molar-refractivity contribution in [2.45, 2.75) is 11.8 Å². The number of benzene rings is 2. The SMILES string of the molecule is C=CC(=O)Nc1cccc(S(=O)(=O)N(O)c2cccc(C)c2)c1. The molecule has 2 aromatic rings. The monoisotopic (exact) mass is 332 g/mol. The van der Waals surface area contributed by atoms with Gasteiger partial charge in [0.1, 0.15) is 0 Å². The van der Waals surface area contributed by atoms with Gasteiger partial charge in [0, 0.05) is 5.69 Å². The first-order chi connectivity index (χ1) is 10.8. The van der Waals surface area contributed by atoms with Gasteiger partial charge in [-0.15, -0.1) is 4.47 Å².